The van der Waals surface area contributed by atoms with Gasteiger partial charge < -0.3 is 5.32 Å². The summed E-state index contributed by atoms with van der Waals surface area (Å²) < 4.78 is 27.5. The summed E-state index contributed by atoms with van der Waals surface area (Å²) in [5, 5.41) is 3.36. The Morgan fingerprint density at radius 1 is 1.16 bits per heavy atom. The topological polar surface area (TPSA) is 15.3 Å². The van der Waals surface area contributed by atoms with Crippen LogP contribution in [-0.2, 0) is 0 Å². The van der Waals surface area contributed by atoms with Crippen LogP contribution < -0.4 is 5.32 Å². The molecule has 19 heavy (non-hydrogen) atoms. The number of nitrogens with zero attached hydrogens (tertiary/aromatic N) is 1. The molecule has 2 aliphatic rings. The van der Waals surface area contributed by atoms with Crippen LogP contribution in [-0.4, -0.2) is 31.1 Å². The zero-order valence-electron chi connectivity index (χ0n) is 11.0. The van der Waals surface area contributed by atoms with Crippen molar-refractivity contribution in [2.75, 3.05) is 26.2 Å². The van der Waals surface area contributed by atoms with E-state index in [0.29, 0.717) is 11.5 Å². The molecule has 1 saturated heterocycles. The van der Waals surface area contributed by atoms with Crippen LogP contribution in [0.2, 0.25) is 0 Å². The largest absolute Gasteiger partial charge is 0.315 e. The second-order valence-corrected chi connectivity index (χ2v) is 5.59. The minimum absolute atomic E-state index is 0.0515. The van der Waals surface area contributed by atoms with E-state index in [0.717, 1.165) is 45.4 Å². The van der Waals surface area contributed by atoms with Gasteiger partial charge in [-0.25, -0.2) is 8.78 Å². The highest BCUT2D eigenvalue weighted by atomic mass is 19.1. The Labute approximate surface area is 112 Å². The lowest BCUT2D eigenvalue weighted by atomic mass is 9.99. The van der Waals surface area contributed by atoms with E-state index in [2.05, 4.69) is 10.2 Å². The van der Waals surface area contributed by atoms with Crippen LogP contribution in [0.15, 0.2) is 18.2 Å². The minimum atomic E-state index is -0.338. The van der Waals surface area contributed by atoms with E-state index in [9.17, 15) is 8.78 Å². The van der Waals surface area contributed by atoms with Gasteiger partial charge in [0.2, 0.25) is 0 Å². The molecule has 1 aromatic carbocycles. The van der Waals surface area contributed by atoms with Crippen molar-refractivity contribution >= 4 is 0 Å². The molecule has 1 heterocycles. The highest BCUT2D eigenvalue weighted by Crippen LogP contribution is 2.45. The fourth-order valence-electron chi connectivity index (χ4n) is 3.05. The molecule has 1 N–H and O–H groups in total. The van der Waals surface area contributed by atoms with Crippen LogP contribution in [0.5, 0.6) is 0 Å². The summed E-state index contributed by atoms with van der Waals surface area (Å²) in [5.41, 5.74) is 0.546. The predicted molar refractivity (Wildman–Crippen MR) is 70.9 cm³/mol. The molecule has 1 aliphatic carbocycles. The van der Waals surface area contributed by atoms with E-state index in [1.165, 1.54) is 18.2 Å². The van der Waals surface area contributed by atoms with Gasteiger partial charge in [-0.2, -0.15) is 0 Å². The summed E-state index contributed by atoms with van der Waals surface area (Å²) in [5.74, 6) is -0.111. The third-order valence-corrected chi connectivity index (χ3v) is 4.11. The van der Waals surface area contributed by atoms with Gasteiger partial charge in [0.15, 0.2) is 0 Å². The lowest BCUT2D eigenvalue weighted by molar-refractivity contribution is 0.184. The van der Waals surface area contributed by atoms with Crippen LogP contribution in [0.25, 0.3) is 0 Å². The monoisotopic (exact) mass is 266 g/mol. The van der Waals surface area contributed by atoms with E-state index >= 15 is 0 Å². The van der Waals surface area contributed by atoms with Crippen molar-refractivity contribution in [1.29, 1.82) is 0 Å². The number of halogens is 2. The fourth-order valence-corrected chi connectivity index (χ4v) is 3.05. The first-order chi connectivity index (χ1) is 9.25. The van der Waals surface area contributed by atoms with E-state index in [1.807, 2.05) is 0 Å². The van der Waals surface area contributed by atoms with Gasteiger partial charge in [-0.15, -0.1) is 0 Å². The molecule has 0 spiro atoms. The fraction of sp³-hybridized carbons (Fsp3) is 0.600. The molecule has 2 nitrogen and oxygen atoms in total. The van der Waals surface area contributed by atoms with E-state index < -0.39 is 0 Å². The second-order valence-electron chi connectivity index (χ2n) is 5.59. The molecule has 1 aliphatic heterocycles. The molecule has 1 saturated carbocycles. The quantitative estimate of drug-likeness (QED) is 0.905. The third kappa shape index (κ3) is 2.95. The molecular formula is C15H20F2N2. The van der Waals surface area contributed by atoms with Crippen LogP contribution >= 0.6 is 0 Å². The van der Waals surface area contributed by atoms with E-state index in [4.69, 9.17) is 0 Å². The summed E-state index contributed by atoms with van der Waals surface area (Å²) in [6.07, 6.45) is 3.33. The van der Waals surface area contributed by atoms with Crippen molar-refractivity contribution in [3.63, 3.8) is 0 Å². The zero-order valence-corrected chi connectivity index (χ0v) is 11.0. The van der Waals surface area contributed by atoms with E-state index in [-0.39, 0.29) is 17.7 Å². The normalized spacial score (nSPS) is 23.1. The van der Waals surface area contributed by atoms with Gasteiger partial charge in [0.05, 0.1) is 0 Å². The Bertz CT molecular complexity index is 438. The maximum atomic E-state index is 14.1. The number of nitrogens with one attached hydrogen (secondary N) is 1. The molecule has 0 amide bonds. The smallest absolute Gasteiger partial charge is 0.128 e. The molecule has 3 rings (SSSR count). The molecule has 104 valence electrons. The molecule has 0 aromatic heterocycles. The van der Waals surface area contributed by atoms with Gasteiger partial charge in [0.1, 0.15) is 11.6 Å². The number of hydrogen-bond acceptors (Lipinski definition) is 2. The Hall–Kier alpha value is -1.00. The SMILES string of the molecule is Fc1ccc(F)c(C(C2CC2)N2CCCNCC2)c1. The average Bonchev–Trinajstić information content (AvgIpc) is 3.21. The van der Waals surface area contributed by atoms with Crippen molar-refractivity contribution in [3.8, 4) is 0 Å². The average molecular weight is 266 g/mol. The maximum Gasteiger partial charge on any atom is 0.128 e. The van der Waals surface area contributed by atoms with Crippen LogP contribution in [0.4, 0.5) is 8.78 Å². The van der Waals surface area contributed by atoms with Crippen molar-refractivity contribution in [2.24, 2.45) is 5.92 Å². The Morgan fingerprint density at radius 2 is 2.00 bits per heavy atom. The summed E-state index contributed by atoms with van der Waals surface area (Å²) >= 11 is 0. The molecule has 1 atom stereocenters. The molecular weight excluding hydrogens is 246 g/mol. The van der Waals surface area contributed by atoms with Gasteiger partial charge in [-0.1, -0.05) is 0 Å². The summed E-state index contributed by atoms with van der Waals surface area (Å²) in [6.45, 7) is 3.82. The van der Waals surface area contributed by atoms with Crippen LogP contribution in [0.1, 0.15) is 30.9 Å². The van der Waals surface area contributed by atoms with Gasteiger partial charge in [-0.05, 0) is 49.9 Å². The van der Waals surface area contributed by atoms with Gasteiger partial charge in [-0.3, -0.25) is 4.90 Å². The minimum Gasteiger partial charge on any atom is -0.315 e. The predicted octanol–water partition coefficient (Wildman–Crippen LogP) is 2.71. The molecule has 0 bridgehead atoms. The summed E-state index contributed by atoms with van der Waals surface area (Å²) in [6, 6.07) is 3.90. The molecule has 2 fully saturated rings. The molecule has 0 radical (unpaired) electrons. The van der Waals surface area contributed by atoms with Crippen molar-refractivity contribution < 1.29 is 8.78 Å². The van der Waals surface area contributed by atoms with Gasteiger partial charge in [0.25, 0.3) is 0 Å². The molecule has 1 aromatic rings. The van der Waals surface area contributed by atoms with Crippen molar-refractivity contribution in [2.45, 2.75) is 25.3 Å². The first kappa shape index (κ1) is 13.0. The Kier molecular flexibility index (Phi) is 3.80. The Balaban J connectivity index is 1.89. The second kappa shape index (κ2) is 5.55. The highest BCUT2D eigenvalue weighted by Gasteiger charge is 2.37. The maximum absolute atomic E-state index is 14.1. The van der Waals surface area contributed by atoms with Gasteiger partial charge in [0, 0.05) is 31.2 Å². The summed E-state index contributed by atoms with van der Waals surface area (Å²) in [7, 11) is 0. The number of benzene rings is 1. The van der Waals surface area contributed by atoms with Crippen LogP contribution in [0.3, 0.4) is 0 Å². The molecule has 4 heteroatoms. The summed E-state index contributed by atoms with van der Waals surface area (Å²) in [4.78, 5) is 2.33. The van der Waals surface area contributed by atoms with E-state index in [1.54, 1.807) is 0 Å². The lowest BCUT2D eigenvalue weighted by Crippen LogP contribution is -2.34. The first-order valence-electron chi connectivity index (χ1n) is 7.15. The molecule has 1 unspecified atom stereocenters. The number of rotatable bonds is 3. The zero-order chi connectivity index (χ0) is 13.2. The van der Waals surface area contributed by atoms with Crippen LogP contribution in [0, 0.1) is 17.6 Å². The van der Waals surface area contributed by atoms with Crippen molar-refractivity contribution in [3.05, 3.63) is 35.4 Å². The first-order valence-corrected chi connectivity index (χ1v) is 7.15. The highest BCUT2D eigenvalue weighted by molar-refractivity contribution is 5.24. The number of hydrogen-bond donors (Lipinski definition) is 1. The lowest BCUT2D eigenvalue weighted by Gasteiger charge is -2.31. The standard InChI is InChI=1S/C15H20F2N2/c16-12-4-5-14(17)13(10-12)15(11-2-3-11)19-8-1-6-18-7-9-19/h4-5,10-11,15,18H,1-3,6-9H2. The third-order valence-electron chi connectivity index (χ3n) is 4.11. The van der Waals surface area contributed by atoms with Gasteiger partial charge >= 0.3 is 0 Å². The Morgan fingerprint density at radius 3 is 2.79 bits per heavy atom. The van der Waals surface area contributed by atoms with Crippen molar-refractivity contribution in [1.82, 2.24) is 10.2 Å².